The van der Waals surface area contributed by atoms with E-state index in [2.05, 4.69) is 10.3 Å². The minimum absolute atomic E-state index is 0.0546. The van der Waals surface area contributed by atoms with Crippen molar-refractivity contribution in [3.8, 4) is 11.5 Å². The molecule has 0 unspecified atom stereocenters. The number of carbonyl (C=O) groups excluding carboxylic acids is 1. The molecule has 0 spiro atoms. The molecule has 0 aliphatic rings. The van der Waals surface area contributed by atoms with Gasteiger partial charge in [0.1, 0.15) is 5.52 Å². The number of carbonyl (C=O) groups is 1. The first-order chi connectivity index (χ1) is 12.8. The van der Waals surface area contributed by atoms with E-state index >= 15 is 0 Å². The van der Waals surface area contributed by atoms with Crippen LogP contribution in [0.5, 0.6) is 0 Å². The van der Waals surface area contributed by atoms with Crippen molar-refractivity contribution in [1.29, 1.82) is 0 Å². The monoisotopic (exact) mass is 360 g/mol. The van der Waals surface area contributed by atoms with Crippen LogP contribution in [0.1, 0.15) is 0 Å². The van der Waals surface area contributed by atoms with Crippen molar-refractivity contribution in [2.75, 3.05) is 11.1 Å². The minimum atomic E-state index is -0.0546. The number of nitrogens with one attached hydrogen (secondary N) is 1. The van der Waals surface area contributed by atoms with Crippen molar-refractivity contribution >= 4 is 34.5 Å². The third-order valence-corrected chi connectivity index (χ3v) is 4.82. The van der Waals surface area contributed by atoms with Gasteiger partial charge >= 0.3 is 0 Å². The SMILES string of the molecule is O=C(CSc1ccccc1)Nc1ccc2nc(-c3ccccc3)oc2c1. The predicted molar refractivity (Wildman–Crippen MR) is 105 cm³/mol. The zero-order valence-electron chi connectivity index (χ0n) is 13.9. The Morgan fingerprint density at radius 2 is 1.69 bits per heavy atom. The molecular formula is C21H16N2O2S. The second-order valence-corrected chi connectivity index (χ2v) is 6.77. The Balaban J connectivity index is 1.46. The number of benzene rings is 3. The number of thioether (sulfide) groups is 1. The van der Waals surface area contributed by atoms with Crippen molar-refractivity contribution in [3.63, 3.8) is 0 Å². The summed E-state index contributed by atoms with van der Waals surface area (Å²) in [4.78, 5) is 17.7. The molecule has 0 aliphatic heterocycles. The fraction of sp³-hybridized carbons (Fsp3) is 0.0476. The molecule has 4 aromatic rings. The van der Waals surface area contributed by atoms with E-state index in [0.29, 0.717) is 22.9 Å². The molecule has 0 fully saturated rings. The lowest BCUT2D eigenvalue weighted by atomic mass is 10.2. The van der Waals surface area contributed by atoms with Gasteiger partial charge in [0.25, 0.3) is 0 Å². The lowest BCUT2D eigenvalue weighted by molar-refractivity contribution is -0.113. The van der Waals surface area contributed by atoms with Crippen LogP contribution >= 0.6 is 11.8 Å². The van der Waals surface area contributed by atoms with Crippen LogP contribution in [0.15, 0.2) is 88.2 Å². The first-order valence-corrected chi connectivity index (χ1v) is 9.20. The maximum atomic E-state index is 12.2. The first-order valence-electron chi connectivity index (χ1n) is 8.22. The number of hydrogen-bond acceptors (Lipinski definition) is 4. The highest BCUT2D eigenvalue weighted by Gasteiger charge is 2.10. The molecule has 4 rings (SSSR count). The van der Waals surface area contributed by atoms with E-state index in [1.54, 1.807) is 6.07 Å². The van der Waals surface area contributed by atoms with Gasteiger partial charge in [-0.3, -0.25) is 4.79 Å². The molecule has 0 radical (unpaired) electrons. The highest BCUT2D eigenvalue weighted by molar-refractivity contribution is 8.00. The molecule has 5 heteroatoms. The van der Waals surface area contributed by atoms with Crippen molar-refractivity contribution in [2.24, 2.45) is 0 Å². The summed E-state index contributed by atoms with van der Waals surface area (Å²) in [6.45, 7) is 0. The quantitative estimate of drug-likeness (QED) is 0.495. The lowest BCUT2D eigenvalue weighted by Gasteiger charge is -2.04. The molecule has 0 aliphatic carbocycles. The number of anilines is 1. The van der Waals surface area contributed by atoms with Crippen LogP contribution in [-0.4, -0.2) is 16.6 Å². The molecule has 0 saturated heterocycles. The number of amides is 1. The van der Waals surface area contributed by atoms with Crippen molar-refractivity contribution in [1.82, 2.24) is 4.98 Å². The Kier molecular flexibility index (Phi) is 4.71. The van der Waals surface area contributed by atoms with Gasteiger partial charge in [-0.25, -0.2) is 4.98 Å². The molecule has 128 valence electrons. The molecule has 0 bridgehead atoms. The van der Waals surface area contributed by atoms with E-state index in [1.807, 2.05) is 72.8 Å². The molecular weight excluding hydrogens is 344 g/mol. The summed E-state index contributed by atoms with van der Waals surface area (Å²) in [6.07, 6.45) is 0. The fourth-order valence-electron chi connectivity index (χ4n) is 2.57. The molecule has 1 heterocycles. The van der Waals surface area contributed by atoms with Crippen molar-refractivity contribution < 1.29 is 9.21 Å². The summed E-state index contributed by atoms with van der Waals surface area (Å²) in [5.41, 5.74) is 3.04. The van der Waals surface area contributed by atoms with Crippen LogP contribution in [0, 0.1) is 0 Å². The molecule has 0 atom stereocenters. The van der Waals surface area contributed by atoms with Gasteiger partial charge < -0.3 is 9.73 Å². The Labute approximate surface area is 155 Å². The van der Waals surface area contributed by atoms with E-state index in [9.17, 15) is 4.79 Å². The van der Waals surface area contributed by atoms with Gasteiger partial charge in [-0.05, 0) is 36.4 Å². The Bertz CT molecular complexity index is 1030. The molecule has 4 nitrogen and oxygen atoms in total. The summed E-state index contributed by atoms with van der Waals surface area (Å²) in [5.74, 6) is 0.873. The van der Waals surface area contributed by atoms with Gasteiger partial charge in [0, 0.05) is 22.2 Å². The van der Waals surface area contributed by atoms with Gasteiger partial charge in [0.05, 0.1) is 5.75 Å². The molecule has 1 N–H and O–H groups in total. The average Bonchev–Trinajstić information content (AvgIpc) is 3.11. The second-order valence-electron chi connectivity index (χ2n) is 5.72. The summed E-state index contributed by atoms with van der Waals surface area (Å²) in [7, 11) is 0. The normalized spacial score (nSPS) is 10.8. The molecule has 26 heavy (non-hydrogen) atoms. The first kappa shape index (κ1) is 16.4. The van der Waals surface area contributed by atoms with Crippen molar-refractivity contribution in [2.45, 2.75) is 4.90 Å². The number of fused-ring (bicyclic) bond motifs is 1. The van der Waals surface area contributed by atoms with E-state index in [1.165, 1.54) is 11.8 Å². The largest absolute Gasteiger partial charge is 0.436 e. The Hall–Kier alpha value is -3.05. The van der Waals surface area contributed by atoms with Gasteiger partial charge in [-0.1, -0.05) is 36.4 Å². The Morgan fingerprint density at radius 1 is 0.962 bits per heavy atom. The number of oxazole rings is 1. The number of nitrogens with zero attached hydrogens (tertiary/aromatic N) is 1. The van der Waals surface area contributed by atoms with Crippen LogP contribution in [0.2, 0.25) is 0 Å². The van der Waals surface area contributed by atoms with Crippen LogP contribution < -0.4 is 5.32 Å². The fourth-order valence-corrected chi connectivity index (χ4v) is 3.29. The second kappa shape index (κ2) is 7.45. The summed E-state index contributed by atoms with van der Waals surface area (Å²) >= 11 is 1.50. The maximum absolute atomic E-state index is 12.2. The number of hydrogen-bond donors (Lipinski definition) is 1. The topological polar surface area (TPSA) is 55.1 Å². The zero-order valence-corrected chi connectivity index (χ0v) is 14.7. The van der Waals surface area contributed by atoms with Crippen LogP contribution in [0.25, 0.3) is 22.6 Å². The molecule has 3 aromatic carbocycles. The van der Waals surface area contributed by atoms with Crippen molar-refractivity contribution in [3.05, 3.63) is 78.9 Å². The van der Waals surface area contributed by atoms with Gasteiger partial charge in [0.15, 0.2) is 5.58 Å². The maximum Gasteiger partial charge on any atom is 0.234 e. The standard InChI is InChI=1S/C21H16N2O2S/c24-20(14-26-17-9-5-2-6-10-17)22-16-11-12-18-19(13-16)25-21(23-18)15-7-3-1-4-8-15/h1-13H,14H2,(H,22,24). The lowest BCUT2D eigenvalue weighted by Crippen LogP contribution is -2.13. The number of rotatable bonds is 5. The smallest absolute Gasteiger partial charge is 0.234 e. The van der Waals surface area contributed by atoms with E-state index in [4.69, 9.17) is 4.42 Å². The highest BCUT2D eigenvalue weighted by atomic mass is 32.2. The zero-order chi connectivity index (χ0) is 17.8. The predicted octanol–water partition coefficient (Wildman–Crippen LogP) is 5.23. The highest BCUT2D eigenvalue weighted by Crippen LogP contribution is 2.26. The molecule has 0 saturated carbocycles. The average molecular weight is 360 g/mol. The van der Waals surface area contributed by atoms with Gasteiger partial charge in [-0.2, -0.15) is 0 Å². The molecule has 1 amide bonds. The van der Waals surface area contributed by atoms with E-state index in [-0.39, 0.29) is 5.91 Å². The third kappa shape index (κ3) is 3.78. The minimum Gasteiger partial charge on any atom is -0.436 e. The number of aromatic nitrogens is 1. The summed E-state index contributed by atoms with van der Waals surface area (Å²) < 4.78 is 5.84. The summed E-state index contributed by atoms with van der Waals surface area (Å²) in [5, 5.41) is 2.91. The van der Waals surface area contributed by atoms with Crippen LogP contribution in [0.4, 0.5) is 5.69 Å². The third-order valence-electron chi connectivity index (χ3n) is 3.81. The van der Waals surface area contributed by atoms with Crippen LogP contribution in [0.3, 0.4) is 0 Å². The van der Waals surface area contributed by atoms with Gasteiger partial charge in [0.2, 0.25) is 11.8 Å². The Morgan fingerprint density at radius 3 is 2.46 bits per heavy atom. The van der Waals surface area contributed by atoms with E-state index < -0.39 is 0 Å². The van der Waals surface area contributed by atoms with Gasteiger partial charge in [-0.15, -0.1) is 11.8 Å². The summed E-state index contributed by atoms with van der Waals surface area (Å²) in [6, 6.07) is 25.1. The van der Waals surface area contributed by atoms with Crippen LogP contribution in [-0.2, 0) is 4.79 Å². The molecule has 1 aromatic heterocycles. The van der Waals surface area contributed by atoms with E-state index in [0.717, 1.165) is 16.0 Å².